The molecule has 2 aromatic carbocycles. The molecule has 0 heterocycles. The first kappa shape index (κ1) is 13.6. The van der Waals surface area contributed by atoms with Gasteiger partial charge in [0.1, 0.15) is 5.75 Å². The number of hydrogen-bond donors (Lipinski definition) is 1. The summed E-state index contributed by atoms with van der Waals surface area (Å²) in [5.41, 5.74) is 3.85. The summed E-state index contributed by atoms with van der Waals surface area (Å²) in [6.07, 6.45) is 0. The molecule has 2 nitrogen and oxygen atoms in total. The molecule has 19 heavy (non-hydrogen) atoms. The van der Waals surface area contributed by atoms with Gasteiger partial charge in [-0.3, -0.25) is 0 Å². The van der Waals surface area contributed by atoms with E-state index in [1.54, 1.807) is 7.11 Å². The van der Waals surface area contributed by atoms with Gasteiger partial charge >= 0.3 is 0 Å². The lowest BCUT2D eigenvalue weighted by molar-refractivity contribution is 0.401. The van der Waals surface area contributed by atoms with E-state index in [9.17, 15) is 0 Å². The molecule has 0 spiro atoms. The SMILES string of the molecule is COc1ccccc1[C@@H](C)NCc1ccccc1C. The zero-order valence-electron chi connectivity index (χ0n) is 11.8. The zero-order chi connectivity index (χ0) is 13.7. The molecule has 2 aromatic rings. The van der Waals surface area contributed by atoms with Crippen molar-refractivity contribution in [1.82, 2.24) is 5.32 Å². The van der Waals surface area contributed by atoms with Crippen molar-refractivity contribution in [3.63, 3.8) is 0 Å². The maximum atomic E-state index is 5.40. The predicted molar refractivity (Wildman–Crippen MR) is 79.4 cm³/mol. The topological polar surface area (TPSA) is 21.3 Å². The lowest BCUT2D eigenvalue weighted by Crippen LogP contribution is -2.19. The highest BCUT2D eigenvalue weighted by molar-refractivity contribution is 5.35. The predicted octanol–water partition coefficient (Wildman–Crippen LogP) is 3.85. The fraction of sp³-hybridized carbons (Fsp3) is 0.294. The molecule has 100 valence electrons. The van der Waals surface area contributed by atoms with Crippen LogP contribution < -0.4 is 10.1 Å². The second kappa shape index (κ2) is 6.39. The molecule has 0 fully saturated rings. The van der Waals surface area contributed by atoms with Crippen LogP contribution in [-0.4, -0.2) is 7.11 Å². The number of benzene rings is 2. The third kappa shape index (κ3) is 3.36. The monoisotopic (exact) mass is 255 g/mol. The number of nitrogens with one attached hydrogen (secondary N) is 1. The molecule has 0 aromatic heterocycles. The molecular formula is C17H21NO. The van der Waals surface area contributed by atoms with E-state index in [1.165, 1.54) is 16.7 Å². The van der Waals surface area contributed by atoms with E-state index in [2.05, 4.69) is 49.5 Å². The number of para-hydroxylation sites is 1. The summed E-state index contributed by atoms with van der Waals surface area (Å²) in [4.78, 5) is 0. The zero-order valence-corrected chi connectivity index (χ0v) is 11.8. The summed E-state index contributed by atoms with van der Waals surface area (Å²) < 4.78 is 5.40. The van der Waals surface area contributed by atoms with E-state index in [0.717, 1.165) is 12.3 Å². The van der Waals surface area contributed by atoms with Gasteiger partial charge in [0, 0.05) is 18.2 Å². The molecule has 1 N–H and O–H groups in total. The van der Waals surface area contributed by atoms with Crippen LogP contribution in [0.15, 0.2) is 48.5 Å². The molecule has 0 bridgehead atoms. The average Bonchev–Trinajstić information content (AvgIpc) is 2.46. The Kier molecular flexibility index (Phi) is 4.58. The van der Waals surface area contributed by atoms with Gasteiger partial charge in [0.2, 0.25) is 0 Å². The molecule has 2 rings (SSSR count). The summed E-state index contributed by atoms with van der Waals surface area (Å²) in [6, 6.07) is 16.9. The van der Waals surface area contributed by atoms with Crippen molar-refractivity contribution in [3.05, 3.63) is 65.2 Å². The quantitative estimate of drug-likeness (QED) is 0.876. The third-order valence-electron chi connectivity index (χ3n) is 3.47. The molecule has 0 saturated carbocycles. The summed E-state index contributed by atoms with van der Waals surface area (Å²) in [7, 11) is 1.72. The number of aryl methyl sites for hydroxylation is 1. The van der Waals surface area contributed by atoms with Crippen LogP contribution in [0.2, 0.25) is 0 Å². The Labute approximate surface area is 115 Å². The van der Waals surface area contributed by atoms with Crippen LogP contribution in [0.25, 0.3) is 0 Å². The van der Waals surface area contributed by atoms with Crippen LogP contribution in [0.1, 0.15) is 29.7 Å². The third-order valence-corrected chi connectivity index (χ3v) is 3.47. The minimum absolute atomic E-state index is 0.260. The molecular weight excluding hydrogens is 234 g/mol. The molecule has 0 aliphatic heterocycles. The van der Waals surface area contributed by atoms with E-state index in [1.807, 2.05) is 18.2 Å². The van der Waals surface area contributed by atoms with Crippen molar-refractivity contribution in [2.24, 2.45) is 0 Å². The van der Waals surface area contributed by atoms with Gasteiger partial charge in [0.25, 0.3) is 0 Å². The van der Waals surface area contributed by atoms with E-state index in [0.29, 0.717) is 0 Å². The highest BCUT2D eigenvalue weighted by atomic mass is 16.5. The van der Waals surface area contributed by atoms with E-state index < -0.39 is 0 Å². The largest absolute Gasteiger partial charge is 0.496 e. The Balaban J connectivity index is 2.05. The fourth-order valence-corrected chi connectivity index (χ4v) is 2.21. The van der Waals surface area contributed by atoms with Gasteiger partial charge < -0.3 is 10.1 Å². The molecule has 0 unspecified atom stereocenters. The van der Waals surface area contributed by atoms with Crippen LogP contribution in [-0.2, 0) is 6.54 Å². The van der Waals surface area contributed by atoms with Crippen molar-refractivity contribution < 1.29 is 4.74 Å². The maximum absolute atomic E-state index is 5.40. The Hall–Kier alpha value is -1.80. The number of rotatable bonds is 5. The Bertz CT molecular complexity index is 536. The van der Waals surface area contributed by atoms with Gasteiger partial charge in [-0.05, 0) is 31.0 Å². The highest BCUT2D eigenvalue weighted by Gasteiger charge is 2.10. The lowest BCUT2D eigenvalue weighted by Gasteiger charge is -2.18. The fourth-order valence-electron chi connectivity index (χ4n) is 2.21. The second-order valence-electron chi connectivity index (χ2n) is 4.77. The average molecular weight is 255 g/mol. The lowest BCUT2D eigenvalue weighted by atomic mass is 10.1. The van der Waals surface area contributed by atoms with Gasteiger partial charge in [-0.25, -0.2) is 0 Å². The first-order valence-corrected chi connectivity index (χ1v) is 6.63. The van der Waals surface area contributed by atoms with E-state index in [4.69, 9.17) is 4.74 Å². The van der Waals surface area contributed by atoms with Crippen molar-refractivity contribution in [3.8, 4) is 5.75 Å². The van der Waals surface area contributed by atoms with Crippen LogP contribution in [0.5, 0.6) is 5.75 Å². The van der Waals surface area contributed by atoms with Gasteiger partial charge in [0.15, 0.2) is 0 Å². The molecule has 2 heteroatoms. The number of ether oxygens (including phenoxy) is 1. The molecule has 0 aliphatic rings. The molecule has 1 atom stereocenters. The van der Waals surface area contributed by atoms with Gasteiger partial charge in [0.05, 0.1) is 7.11 Å². The number of hydrogen-bond acceptors (Lipinski definition) is 2. The summed E-state index contributed by atoms with van der Waals surface area (Å²) in [5, 5.41) is 3.55. The van der Waals surface area contributed by atoms with E-state index >= 15 is 0 Å². The summed E-state index contributed by atoms with van der Waals surface area (Å²) >= 11 is 0. The minimum atomic E-state index is 0.260. The van der Waals surface area contributed by atoms with Crippen molar-refractivity contribution in [2.75, 3.05) is 7.11 Å². The number of methoxy groups -OCH3 is 1. The Morgan fingerprint density at radius 3 is 2.47 bits per heavy atom. The Morgan fingerprint density at radius 2 is 1.74 bits per heavy atom. The van der Waals surface area contributed by atoms with Gasteiger partial charge in [-0.15, -0.1) is 0 Å². The molecule has 0 saturated heterocycles. The van der Waals surface area contributed by atoms with Gasteiger partial charge in [-0.2, -0.15) is 0 Å². The van der Waals surface area contributed by atoms with Crippen LogP contribution >= 0.6 is 0 Å². The Morgan fingerprint density at radius 1 is 1.05 bits per heavy atom. The molecule has 0 aliphatic carbocycles. The smallest absolute Gasteiger partial charge is 0.123 e. The molecule has 0 amide bonds. The standard InChI is InChI=1S/C17H21NO/c1-13-8-4-5-9-15(13)12-18-14(2)16-10-6-7-11-17(16)19-3/h4-11,14,18H,12H2,1-3H3/t14-/m1/s1. The minimum Gasteiger partial charge on any atom is -0.496 e. The first-order chi connectivity index (χ1) is 9.22. The maximum Gasteiger partial charge on any atom is 0.123 e. The van der Waals surface area contributed by atoms with Crippen molar-refractivity contribution >= 4 is 0 Å². The van der Waals surface area contributed by atoms with Crippen LogP contribution in [0.3, 0.4) is 0 Å². The first-order valence-electron chi connectivity index (χ1n) is 6.63. The second-order valence-corrected chi connectivity index (χ2v) is 4.77. The van der Waals surface area contributed by atoms with Crippen LogP contribution in [0.4, 0.5) is 0 Å². The van der Waals surface area contributed by atoms with Crippen LogP contribution in [0, 0.1) is 6.92 Å². The normalized spacial score (nSPS) is 12.2. The van der Waals surface area contributed by atoms with Crippen molar-refractivity contribution in [2.45, 2.75) is 26.4 Å². The van der Waals surface area contributed by atoms with E-state index in [-0.39, 0.29) is 6.04 Å². The summed E-state index contributed by atoms with van der Waals surface area (Å²) in [6.45, 7) is 5.17. The van der Waals surface area contributed by atoms with Gasteiger partial charge in [-0.1, -0.05) is 42.5 Å². The molecule has 0 radical (unpaired) electrons. The highest BCUT2D eigenvalue weighted by Crippen LogP contribution is 2.24. The summed E-state index contributed by atoms with van der Waals surface area (Å²) in [5.74, 6) is 0.937. The van der Waals surface area contributed by atoms with Crippen molar-refractivity contribution in [1.29, 1.82) is 0 Å².